The van der Waals surface area contributed by atoms with Gasteiger partial charge in [0.25, 0.3) is 0 Å². The molecular weight excluding hydrogens is 230 g/mol. The fraction of sp³-hybridized carbons (Fsp3) is 0.385. The van der Waals surface area contributed by atoms with Gasteiger partial charge in [-0.05, 0) is 19.4 Å². The van der Waals surface area contributed by atoms with Gasteiger partial charge in [-0.3, -0.25) is 14.9 Å². The SMILES string of the molecule is CCNC(=O)CNC1C(=O)Nc2c(C)cccc21. The van der Waals surface area contributed by atoms with Gasteiger partial charge < -0.3 is 10.6 Å². The molecule has 0 fully saturated rings. The Hall–Kier alpha value is -1.88. The van der Waals surface area contributed by atoms with Crippen molar-refractivity contribution in [3.63, 3.8) is 0 Å². The summed E-state index contributed by atoms with van der Waals surface area (Å²) in [7, 11) is 0. The third-order valence-corrected chi connectivity index (χ3v) is 2.97. The van der Waals surface area contributed by atoms with Crippen molar-refractivity contribution in [1.29, 1.82) is 0 Å². The molecule has 0 bridgehead atoms. The van der Waals surface area contributed by atoms with Crippen LogP contribution in [0.25, 0.3) is 0 Å². The average molecular weight is 247 g/mol. The maximum atomic E-state index is 11.8. The van der Waals surface area contributed by atoms with Crippen molar-refractivity contribution >= 4 is 17.5 Å². The minimum Gasteiger partial charge on any atom is -0.355 e. The molecule has 5 nitrogen and oxygen atoms in total. The topological polar surface area (TPSA) is 70.2 Å². The fourth-order valence-corrected chi connectivity index (χ4v) is 2.10. The molecular formula is C13H17N3O2. The first kappa shape index (κ1) is 12.6. The summed E-state index contributed by atoms with van der Waals surface area (Å²) in [6, 6.07) is 5.32. The van der Waals surface area contributed by atoms with Crippen LogP contribution in [-0.2, 0) is 9.59 Å². The van der Waals surface area contributed by atoms with Crippen LogP contribution in [0.2, 0.25) is 0 Å². The lowest BCUT2D eigenvalue weighted by Gasteiger charge is -2.11. The number of aryl methyl sites for hydroxylation is 1. The second-order valence-corrected chi connectivity index (χ2v) is 4.30. The van der Waals surface area contributed by atoms with E-state index in [9.17, 15) is 9.59 Å². The Balaban J connectivity index is 2.09. The number of nitrogens with one attached hydrogen (secondary N) is 3. The van der Waals surface area contributed by atoms with Gasteiger partial charge in [-0.1, -0.05) is 18.2 Å². The summed E-state index contributed by atoms with van der Waals surface area (Å²) in [5.41, 5.74) is 2.79. The van der Waals surface area contributed by atoms with Crippen molar-refractivity contribution in [2.45, 2.75) is 19.9 Å². The molecule has 1 unspecified atom stereocenters. The van der Waals surface area contributed by atoms with Crippen LogP contribution in [0.3, 0.4) is 0 Å². The molecule has 0 aromatic heterocycles. The van der Waals surface area contributed by atoms with Crippen LogP contribution in [0.4, 0.5) is 5.69 Å². The van der Waals surface area contributed by atoms with E-state index < -0.39 is 6.04 Å². The molecule has 1 aromatic rings. The predicted molar refractivity (Wildman–Crippen MR) is 69.2 cm³/mol. The number of hydrogen-bond acceptors (Lipinski definition) is 3. The van der Waals surface area contributed by atoms with E-state index in [2.05, 4.69) is 16.0 Å². The third-order valence-electron chi connectivity index (χ3n) is 2.97. The molecule has 18 heavy (non-hydrogen) atoms. The normalized spacial score (nSPS) is 17.2. The molecule has 1 atom stereocenters. The van der Waals surface area contributed by atoms with Gasteiger partial charge in [-0.15, -0.1) is 0 Å². The Morgan fingerprint density at radius 2 is 2.22 bits per heavy atom. The zero-order valence-corrected chi connectivity index (χ0v) is 10.5. The molecule has 3 N–H and O–H groups in total. The molecule has 0 radical (unpaired) electrons. The molecule has 0 aliphatic carbocycles. The molecule has 1 aliphatic heterocycles. The summed E-state index contributed by atoms with van der Waals surface area (Å²) in [5, 5.41) is 8.50. The fourth-order valence-electron chi connectivity index (χ4n) is 2.10. The lowest BCUT2D eigenvalue weighted by Crippen LogP contribution is -2.37. The lowest BCUT2D eigenvalue weighted by atomic mass is 10.1. The van der Waals surface area contributed by atoms with Gasteiger partial charge in [-0.2, -0.15) is 0 Å². The van der Waals surface area contributed by atoms with Crippen molar-refractivity contribution in [3.8, 4) is 0 Å². The number of anilines is 1. The Bertz CT molecular complexity index is 485. The van der Waals surface area contributed by atoms with E-state index in [0.29, 0.717) is 6.54 Å². The number of carbonyl (C=O) groups is 2. The number of carbonyl (C=O) groups excluding carboxylic acids is 2. The van der Waals surface area contributed by atoms with Crippen molar-refractivity contribution < 1.29 is 9.59 Å². The number of para-hydroxylation sites is 1. The van der Waals surface area contributed by atoms with Crippen LogP contribution in [0.1, 0.15) is 24.1 Å². The van der Waals surface area contributed by atoms with Crippen LogP contribution in [0.5, 0.6) is 0 Å². The van der Waals surface area contributed by atoms with E-state index >= 15 is 0 Å². The quantitative estimate of drug-likeness (QED) is 0.734. The Kier molecular flexibility index (Phi) is 3.62. The van der Waals surface area contributed by atoms with Gasteiger partial charge >= 0.3 is 0 Å². The van der Waals surface area contributed by atoms with E-state index in [0.717, 1.165) is 16.8 Å². The number of benzene rings is 1. The molecule has 0 saturated heterocycles. The van der Waals surface area contributed by atoms with Gasteiger partial charge in [0.1, 0.15) is 6.04 Å². The minimum absolute atomic E-state index is 0.105. The average Bonchev–Trinajstić information content (AvgIpc) is 2.65. The molecule has 0 saturated carbocycles. The largest absolute Gasteiger partial charge is 0.355 e. The first-order valence-corrected chi connectivity index (χ1v) is 6.04. The van der Waals surface area contributed by atoms with Gasteiger partial charge in [0.2, 0.25) is 11.8 Å². The van der Waals surface area contributed by atoms with Crippen LogP contribution >= 0.6 is 0 Å². The van der Waals surface area contributed by atoms with Crippen molar-refractivity contribution in [1.82, 2.24) is 10.6 Å². The molecule has 0 spiro atoms. The minimum atomic E-state index is -0.442. The first-order valence-electron chi connectivity index (χ1n) is 6.04. The highest BCUT2D eigenvalue weighted by molar-refractivity contribution is 6.03. The van der Waals surface area contributed by atoms with Gasteiger partial charge in [0.05, 0.1) is 6.54 Å². The summed E-state index contributed by atoms with van der Waals surface area (Å²) >= 11 is 0. The Labute approximate surface area is 106 Å². The van der Waals surface area contributed by atoms with Crippen LogP contribution < -0.4 is 16.0 Å². The number of hydrogen-bond donors (Lipinski definition) is 3. The van der Waals surface area contributed by atoms with Crippen molar-refractivity contribution in [2.24, 2.45) is 0 Å². The monoisotopic (exact) mass is 247 g/mol. The summed E-state index contributed by atoms with van der Waals surface area (Å²) in [4.78, 5) is 23.2. The molecule has 1 aliphatic rings. The molecule has 96 valence electrons. The summed E-state index contributed by atoms with van der Waals surface area (Å²) in [5.74, 6) is -0.213. The Morgan fingerprint density at radius 3 is 2.94 bits per heavy atom. The lowest BCUT2D eigenvalue weighted by molar-refractivity contribution is -0.121. The zero-order chi connectivity index (χ0) is 13.1. The maximum absolute atomic E-state index is 11.8. The molecule has 5 heteroatoms. The van der Waals surface area contributed by atoms with Gasteiger partial charge in [0.15, 0.2) is 0 Å². The molecule has 2 rings (SSSR count). The third kappa shape index (κ3) is 2.36. The van der Waals surface area contributed by atoms with E-state index in [1.807, 2.05) is 32.0 Å². The summed E-state index contributed by atoms with van der Waals surface area (Å²) in [6.07, 6.45) is 0. The van der Waals surface area contributed by atoms with Crippen LogP contribution in [-0.4, -0.2) is 24.9 Å². The summed E-state index contributed by atoms with van der Waals surface area (Å²) in [6.45, 7) is 4.54. The van der Waals surface area contributed by atoms with Gasteiger partial charge in [-0.25, -0.2) is 0 Å². The highest BCUT2D eigenvalue weighted by Gasteiger charge is 2.31. The van der Waals surface area contributed by atoms with Crippen LogP contribution in [0, 0.1) is 6.92 Å². The molecule has 2 amide bonds. The number of likely N-dealkylation sites (N-methyl/N-ethyl adjacent to an activating group) is 1. The van der Waals surface area contributed by atoms with E-state index in [1.54, 1.807) is 0 Å². The maximum Gasteiger partial charge on any atom is 0.246 e. The van der Waals surface area contributed by atoms with Gasteiger partial charge in [0, 0.05) is 17.8 Å². The molecule has 1 aromatic carbocycles. The van der Waals surface area contributed by atoms with Crippen molar-refractivity contribution in [3.05, 3.63) is 29.3 Å². The van der Waals surface area contributed by atoms with E-state index in [1.165, 1.54) is 0 Å². The smallest absolute Gasteiger partial charge is 0.246 e. The standard InChI is InChI=1S/C13H17N3O2/c1-3-14-10(17)7-15-12-9-6-4-5-8(2)11(9)16-13(12)18/h4-6,12,15H,3,7H2,1-2H3,(H,14,17)(H,16,18). The van der Waals surface area contributed by atoms with E-state index in [-0.39, 0.29) is 18.4 Å². The number of rotatable bonds is 4. The second-order valence-electron chi connectivity index (χ2n) is 4.30. The van der Waals surface area contributed by atoms with Crippen LogP contribution in [0.15, 0.2) is 18.2 Å². The number of fused-ring (bicyclic) bond motifs is 1. The van der Waals surface area contributed by atoms with Crippen molar-refractivity contribution in [2.75, 3.05) is 18.4 Å². The predicted octanol–water partition coefficient (Wildman–Crippen LogP) is 0.714. The highest BCUT2D eigenvalue weighted by atomic mass is 16.2. The van der Waals surface area contributed by atoms with E-state index in [4.69, 9.17) is 0 Å². The first-order chi connectivity index (χ1) is 8.63. The number of amides is 2. The zero-order valence-electron chi connectivity index (χ0n) is 10.5. The highest BCUT2D eigenvalue weighted by Crippen LogP contribution is 2.32. The summed E-state index contributed by atoms with van der Waals surface area (Å²) < 4.78 is 0. The Morgan fingerprint density at radius 1 is 1.44 bits per heavy atom. The second kappa shape index (κ2) is 5.18. The molecule has 1 heterocycles.